The average molecular weight is 314 g/mol. The van der Waals surface area contributed by atoms with Gasteiger partial charge in [-0.15, -0.1) is 0 Å². The highest BCUT2D eigenvalue weighted by Crippen LogP contribution is 2.20. The van der Waals surface area contributed by atoms with E-state index in [4.69, 9.17) is 33.7 Å². The Kier molecular flexibility index (Phi) is 4.47. The van der Waals surface area contributed by atoms with Gasteiger partial charge in [0, 0.05) is 10.7 Å². The molecular formula is C14H10Cl2FNO2. The van der Waals surface area contributed by atoms with Gasteiger partial charge in [-0.05, 0) is 35.9 Å². The highest BCUT2D eigenvalue weighted by Gasteiger charge is 2.12. The Hall–Kier alpha value is -1.78. The number of hydrogen-bond acceptors (Lipinski definition) is 3. The van der Waals surface area contributed by atoms with Crippen molar-refractivity contribution in [3.63, 3.8) is 0 Å². The summed E-state index contributed by atoms with van der Waals surface area (Å²) in [6.07, 6.45) is 0. The lowest BCUT2D eigenvalue weighted by molar-refractivity contribution is 0.0473. The van der Waals surface area contributed by atoms with Crippen LogP contribution in [0.4, 0.5) is 10.1 Å². The SMILES string of the molecule is Nc1cc(Cl)ccc1C(=O)OCc1ccc(Cl)c(F)c1. The Morgan fingerprint density at radius 2 is 1.95 bits per heavy atom. The maximum Gasteiger partial charge on any atom is 0.340 e. The normalized spacial score (nSPS) is 10.3. The molecule has 0 bridgehead atoms. The van der Waals surface area contributed by atoms with Crippen LogP contribution in [-0.4, -0.2) is 5.97 Å². The smallest absolute Gasteiger partial charge is 0.340 e. The zero-order valence-electron chi connectivity index (χ0n) is 10.2. The Balaban J connectivity index is 2.06. The highest BCUT2D eigenvalue weighted by molar-refractivity contribution is 6.31. The molecule has 2 N–H and O–H groups in total. The molecule has 6 heteroatoms. The van der Waals surface area contributed by atoms with Crippen LogP contribution in [0.15, 0.2) is 36.4 Å². The second-order valence-corrected chi connectivity index (χ2v) is 4.90. The van der Waals surface area contributed by atoms with Crippen LogP contribution >= 0.6 is 23.2 Å². The van der Waals surface area contributed by atoms with Gasteiger partial charge < -0.3 is 10.5 Å². The summed E-state index contributed by atoms with van der Waals surface area (Å²) in [5.41, 5.74) is 6.60. The van der Waals surface area contributed by atoms with Crippen molar-refractivity contribution < 1.29 is 13.9 Å². The number of rotatable bonds is 3. The number of benzene rings is 2. The third-order valence-electron chi connectivity index (χ3n) is 2.59. The summed E-state index contributed by atoms with van der Waals surface area (Å²) in [6, 6.07) is 8.65. The molecule has 0 amide bonds. The van der Waals surface area contributed by atoms with E-state index in [0.717, 1.165) is 0 Å². The number of carbonyl (C=O) groups excluding carboxylic acids is 1. The number of carbonyl (C=O) groups is 1. The van der Waals surface area contributed by atoms with Gasteiger partial charge in [0.25, 0.3) is 0 Å². The Bertz CT molecular complexity index is 662. The first kappa shape index (κ1) is 14.6. The Labute approximate surface area is 125 Å². The summed E-state index contributed by atoms with van der Waals surface area (Å²) in [5, 5.41) is 0.445. The van der Waals surface area contributed by atoms with Crippen molar-refractivity contribution in [1.82, 2.24) is 0 Å². The molecule has 20 heavy (non-hydrogen) atoms. The first-order valence-electron chi connectivity index (χ1n) is 5.63. The van der Waals surface area contributed by atoms with Crippen LogP contribution in [0.3, 0.4) is 0 Å². The van der Waals surface area contributed by atoms with Crippen LogP contribution in [0, 0.1) is 5.82 Å². The lowest BCUT2D eigenvalue weighted by atomic mass is 10.2. The molecule has 0 saturated carbocycles. The van der Waals surface area contributed by atoms with E-state index in [1.54, 1.807) is 6.07 Å². The molecule has 0 fully saturated rings. The van der Waals surface area contributed by atoms with Crippen LogP contribution < -0.4 is 5.73 Å². The number of esters is 1. The molecule has 2 aromatic carbocycles. The van der Waals surface area contributed by atoms with Crippen LogP contribution in [0.5, 0.6) is 0 Å². The molecule has 0 radical (unpaired) electrons. The van der Waals surface area contributed by atoms with Crippen molar-refractivity contribution >= 4 is 34.9 Å². The number of hydrogen-bond donors (Lipinski definition) is 1. The summed E-state index contributed by atoms with van der Waals surface area (Å²) in [5.74, 6) is -1.17. The van der Waals surface area contributed by atoms with Crippen molar-refractivity contribution in [1.29, 1.82) is 0 Å². The first-order chi connectivity index (χ1) is 9.47. The van der Waals surface area contributed by atoms with Crippen molar-refractivity contribution in [3.05, 3.63) is 63.4 Å². The molecule has 104 valence electrons. The molecule has 2 aromatic rings. The minimum atomic E-state index is -0.602. The third kappa shape index (κ3) is 3.40. The summed E-state index contributed by atoms with van der Waals surface area (Å²) in [7, 11) is 0. The van der Waals surface area contributed by atoms with E-state index in [1.807, 2.05) is 0 Å². The highest BCUT2D eigenvalue weighted by atomic mass is 35.5. The molecule has 0 heterocycles. The summed E-state index contributed by atoms with van der Waals surface area (Å²) < 4.78 is 18.3. The van der Waals surface area contributed by atoms with E-state index in [2.05, 4.69) is 0 Å². The van der Waals surface area contributed by atoms with Crippen molar-refractivity contribution in [2.75, 3.05) is 5.73 Å². The lowest BCUT2D eigenvalue weighted by Crippen LogP contribution is -2.08. The van der Waals surface area contributed by atoms with Crippen LogP contribution in [0.1, 0.15) is 15.9 Å². The molecule has 0 unspecified atom stereocenters. The second-order valence-electron chi connectivity index (χ2n) is 4.06. The average Bonchev–Trinajstić information content (AvgIpc) is 2.40. The molecule has 0 saturated heterocycles. The summed E-state index contributed by atoms with van der Waals surface area (Å²) >= 11 is 11.3. The number of nitrogen functional groups attached to an aromatic ring is 1. The number of ether oxygens (including phenoxy) is 1. The Morgan fingerprint density at radius 1 is 1.20 bits per heavy atom. The van der Waals surface area contributed by atoms with Gasteiger partial charge in [0.1, 0.15) is 12.4 Å². The van der Waals surface area contributed by atoms with E-state index < -0.39 is 11.8 Å². The zero-order valence-corrected chi connectivity index (χ0v) is 11.7. The number of halogens is 3. The van der Waals surface area contributed by atoms with Gasteiger partial charge in [-0.1, -0.05) is 29.3 Å². The van der Waals surface area contributed by atoms with Crippen LogP contribution in [-0.2, 0) is 11.3 Å². The molecule has 0 aliphatic carbocycles. The van der Waals surface area contributed by atoms with Gasteiger partial charge in [-0.25, -0.2) is 9.18 Å². The number of anilines is 1. The molecular weight excluding hydrogens is 304 g/mol. The van der Waals surface area contributed by atoms with E-state index >= 15 is 0 Å². The van der Waals surface area contributed by atoms with Gasteiger partial charge in [0.15, 0.2) is 0 Å². The van der Waals surface area contributed by atoms with E-state index in [0.29, 0.717) is 10.6 Å². The summed E-state index contributed by atoms with van der Waals surface area (Å²) in [6.45, 7) is -0.0744. The van der Waals surface area contributed by atoms with Gasteiger partial charge in [0.2, 0.25) is 0 Å². The van der Waals surface area contributed by atoms with E-state index in [1.165, 1.54) is 30.3 Å². The van der Waals surface area contributed by atoms with Crippen molar-refractivity contribution in [2.24, 2.45) is 0 Å². The fourth-order valence-electron chi connectivity index (χ4n) is 1.58. The maximum atomic E-state index is 13.2. The zero-order chi connectivity index (χ0) is 14.7. The topological polar surface area (TPSA) is 52.3 Å². The molecule has 2 rings (SSSR count). The van der Waals surface area contributed by atoms with Gasteiger partial charge in [-0.3, -0.25) is 0 Å². The largest absolute Gasteiger partial charge is 0.457 e. The summed E-state index contributed by atoms with van der Waals surface area (Å²) in [4.78, 5) is 11.8. The monoisotopic (exact) mass is 313 g/mol. The second kappa shape index (κ2) is 6.11. The predicted molar refractivity (Wildman–Crippen MR) is 76.4 cm³/mol. The van der Waals surface area contributed by atoms with Gasteiger partial charge in [0.05, 0.1) is 10.6 Å². The van der Waals surface area contributed by atoms with Gasteiger partial charge >= 0.3 is 5.97 Å². The fraction of sp³-hybridized carbons (Fsp3) is 0.0714. The molecule has 0 spiro atoms. The fourth-order valence-corrected chi connectivity index (χ4v) is 1.87. The minimum Gasteiger partial charge on any atom is -0.457 e. The Morgan fingerprint density at radius 3 is 2.60 bits per heavy atom. The van der Waals surface area contributed by atoms with Gasteiger partial charge in [-0.2, -0.15) is 0 Å². The first-order valence-corrected chi connectivity index (χ1v) is 6.39. The quantitative estimate of drug-likeness (QED) is 0.686. The van der Waals surface area contributed by atoms with Crippen molar-refractivity contribution in [2.45, 2.75) is 6.61 Å². The molecule has 0 atom stereocenters. The molecule has 3 nitrogen and oxygen atoms in total. The molecule has 0 aromatic heterocycles. The molecule has 0 aliphatic heterocycles. The lowest BCUT2D eigenvalue weighted by Gasteiger charge is -2.07. The third-order valence-corrected chi connectivity index (χ3v) is 3.13. The standard InChI is InChI=1S/C14H10Cl2FNO2/c15-9-2-3-10(13(18)6-9)14(19)20-7-8-1-4-11(16)12(17)5-8/h1-6H,7,18H2. The minimum absolute atomic E-state index is 0.0158. The van der Waals surface area contributed by atoms with E-state index in [9.17, 15) is 9.18 Å². The van der Waals surface area contributed by atoms with Crippen LogP contribution in [0.2, 0.25) is 10.0 Å². The van der Waals surface area contributed by atoms with E-state index in [-0.39, 0.29) is 22.9 Å². The molecule has 0 aliphatic rings. The van der Waals surface area contributed by atoms with Crippen molar-refractivity contribution in [3.8, 4) is 0 Å². The maximum absolute atomic E-state index is 13.2. The number of nitrogens with two attached hydrogens (primary N) is 1. The predicted octanol–water partition coefficient (Wildman–Crippen LogP) is 4.07. The van der Waals surface area contributed by atoms with Crippen LogP contribution in [0.25, 0.3) is 0 Å².